The number of rotatable bonds is 8. The number of aromatic carboxylic acids is 1. The molecule has 0 atom stereocenters. The number of hydrogen-bond acceptors (Lipinski definition) is 5. The van der Waals surface area contributed by atoms with E-state index in [0.717, 1.165) is 5.56 Å². The Labute approximate surface area is 195 Å². The molecule has 3 aromatic rings. The molecule has 3 aromatic carbocycles. The zero-order valence-corrected chi connectivity index (χ0v) is 18.3. The van der Waals surface area contributed by atoms with Crippen molar-refractivity contribution >= 4 is 35.2 Å². The molecule has 0 bridgehead atoms. The quantitative estimate of drug-likeness (QED) is 0.353. The van der Waals surface area contributed by atoms with Crippen LogP contribution in [0.5, 0.6) is 11.5 Å². The average molecular weight is 463 g/mol. The van der Waals surface area contributed by atoms with E-state index >= 15 is 0 Å². The van der Waals surface area contributed by atoms with Crippen molar-refractivity contribution in [2.45, 2.75) is 6.61 Å². The van der Waals surface area contributed by atoms with Gasteiger partial charge in [-0.1, -0.05) is 35.9 Å². The predicted molar refractivity (Wildman–Crippen MR) is 124 cm³/mol. The number of anilines is 1. The van der Waals surface area contributed by atoms with Crippen LogP contribution in [0.1, 0.15) is 21.5 Å². The van der Waals surface area contributed by atoms with Crippen molar-refractivity contribution in [1.29, 1.82) is 5.26 Å². The van der Waals surface area contributed by atoms with Gasteiger partial charge in [-0.25, -0.2) is 4.79 Å². The molecule has 0 saturated heterocycles. The number of benzene rings is 3. The smallest absolute Gasteiger partial charge is 0.335 e. The third kappa shape index (κ3) is 6.12. The first-order chi connectivity index (χ1) is 15.9. The van der Waals surface area contributed by atoms with E-state index in [1.54, 1.807) is 30.3 Å². The molecule has 0 radical (unpaired) electrons. The molecule has 0 aliphatic carbocycles. The number of carboxylic acids is 1. The molecule has 0 saturated carbocycles. The van der Waals surface area contributed by atoms with Gasteiger partial charge in [0.05, 0.1) is 12.7 Å². The summed E-state index contributed by atoms with van der Waals surface area (Å²) in [6.45, 7) is 0.200. The van der Waals surface area contributed by atoms with Gasteiger partial charge in [-0.05, 0) is 54.1 Å². The van der Waals surface area contributed by atoms with Crippen molar-refractivity contribution in [3.05, 3.63) is 94.0 Å². The molecule has 8 heteroatoms. The molecule has 33 heavy (non-hydrogen) atoms. The summed E-state index contributed by atoms with van der Waals surface area (Å²) in [4.78, 5) is 23.6. The van der Waals surface area contributed by atoms with Gasteiger partial charge in [0, 0.05) is 16.3 Å². The Morgan fingerprint density at radius 2 is 1.85 bits per heavy atom. The Morgan fingerprint density at radius 1 is 1.12 bits per heavy atom. The number of nitriles is 1. The number of carboxylic acid groups (broad SMARTS) is 1. The van der Waals surface area contributed by atoms with Crippen LogP contribution in [0, 0.1) is 11.3 Å². The molecular formula is C25H19ClN2O5. The molecule has 0 heterocycles. The van der Waals surface area contributed by atoms with E-state index in [2.05, 4.69) is 5.32 Å². The summed E-state index contributed by atoms with van der Waals surface area (Å²) in [5.41, 5.74) is 1.59. The number of nitrogens with one attached hydrogen (secondary N) is 1. The van der Waals surface area contributed by atoms with Crippen LogP contribution in [-0.4, -0.2) is 24.1 Å². The average Bonchev–Trinajstić information content (AvgIpc) is 2.81. The lowest BCUT2D eigenvalue weighted by Crippen LogP contribution is -2.13. The molecule has 0 fully saturated rings. The second-order valence-corrected chi connectivity index (χ2v) is 7.24. The van der Waals surface area contributed by atoms with E-state index in [0.29, 0.717) is 27.8 Å². The van der Waals surface area contributed by atoms with Crippen molar-refractivity contribution < 1.29 is 24.2 Å². The summed E-state index contributed by atoms with van der Waals surface area (Å²) in [7, 11) is 1.49. The molecule has 3 rings (SSSR count). The number of hydrogen-bond donors (Lipinski definition) is 2. The maximum Gasteiger partial charge on any atom is 0.335 e. The van der Waals surface area contributed by atoms with Crippen LogP contribution in [-0.2, 0) is 11.4 Å². The summed E-state index contributed by atoms with van der Waals surface area (Å²) in [6, 6.07) is 19.8. The summed E-state index contributed by atoms with van der Waals surface area (Å²) in [6.07, 6.45) is 1.40. The number of ether oxygens (including phenoxy) is 2. The third-order valence-electron chi connectivity index (χ3n) is 4.56. The fraction of sp³-hybridized carbons (Fsp3) is 0.0800. The summed E-state index contributed by atoms with van der Waals surface area (Å²) >= 11 is 6.03. The fourth-order valence-corrected chi connectivity index (χ4v) is 3.16. The first-order valence-electron chi connectivity index (χ1n) is 9.72. The van der Waals surface area contributed by atoms with Gasteiger partial charge in [0.25, 0.3) is 5.91 Å². The minimum atomic E-state index is -1.08. The van der Waals surface area contributed by atoms with Gasteiger partial charge < -0.3 is 19.9 Å². The molecular weight excluding hydrogens is 444 g/mol. The number of carbonyl (C=O) groups excluding carboxylic acids is 1. The molecule has 0 unspecified atom stereocenters. The summed E-state index contributed by atoms with van der Waals surface area (Å²) in [5.74, 6) is -0.919. The second kappa shape index (κ2) is 10.8. The number of carbonyl (C=O) groups is 2. The summed E-state index contributed by atoms with van der Waals surface area (Å²) in [5, 5.41) is 21.7. The topological polar surface area (TPSA) is 109 Å². The first-order valence-corrected chi connectivity index (χ1v) is 10.1. The Kier molecular flexibility index (Phi) is 7.68. The molecule has 2 N–H and O–H groups in total. The Morgan fingerprint density at radius 3 is 2.48 bits per heavy atom. The van der Waals surface area contributed by atoms with Crippen LogP contribution < -0.4 is 14.8 Å². The van der Waals surface area contributed by atoms with Crippen LogP contribution in [0.2, 0.25) is 5.02 Å². The van der Waals surface area contributed by atoms with Crippen molar-refractivity contribution in [3.8, 4) is 17.6 Å². The van der Waals surface area contributed by atoms with Gasteiger partial charge in [-0.3, -0.25) is 4.79 Å². The highest BCUT2D eigenvalue weighted by Gasteiger charge is 2.15. The Bertz CT molecular complexity index is 1250. The zero-order chi connectivity index (χ0) is 23.8. The lowest BCUT2D eigenvalue weighted by Gasteiger charge is -2.14. The highest BCUT2D eigenvalue weighted by molar-refractivity contribution is 6.30. The Hall–Kier alpha value is -4.28. The van der Waals surface area contributed by atoms with Crippen LogP contribution in [0.4, 0.5) is 5.69 Å². The normalized spacial score (nSPS) is 10.8. The molecule has 7 nitrogen and oxygen atoms in total. The fourth-order valence-electron chi connectivity index (χ4n) is 2.94. The molecule has 0 spiro atoms. The van der Waals surface area contributed by atoms with E-state index in [9.17, 15) is 14.9 Å². The Balaban J connectivity index is 1.85. The van der Waals surface area contributed by atoms with Gasteiger partial charge in [0.1, 0.15) is 18.2 Å². The lowest BCUT2D eigenvalue weighted by molar-refractivity contribution is -0.112. The van der Waals surface area contributed by atoms with E-state index in [-0.39, 0.29) is 17.7 Å². The van der Waals surface area contributed by atoms with E-state index in [1.807, 2.05) is 18.2 Å². The van der Waals surface area contributed by atoms with Crippen molar-refractivity contribution in [2.75, 3.05) is 12.4 Å². The van der Waals surface area contributed by atoms with Gasteiger partial charge in [-0.15, -0.1) is 0 Å². The first kappa shape index (κ1) is 23.4. The van der Waals surface area contributed by atoms with Gasteiger partial charge in [0.15, 0.2) is 11.5 Å². The number of halogens is 1. The molecule has 166 valence electrons. The molecule has 0 aliphatic rings. The zero-order valence-electron chi connectivity index (χ0n) is 17.5. The minimum Gasteiger partial charge on any atom is -0.493 e. The van der Waals surface area contributed by atoms with Gasteiger partial charge in [0.2, 0.25) is 0 Å². The lowest BCUT2D eigenvalue weighted by atomic mass is 10.1. The van der Waals surface area contributed by atoms with Crippen molar-refractivity contribution in [2.24, 2.45) is 0 Å². The predicted octanol–water partition coefficient (Wildman–Crippen LogP) is 5.17. The van der Waals surface area contributed by atoms with Crippen LogP contribution in [0.3, 0.4) is 0 Å². The molecule has 0 aromatic heterocycles. The summed E-state index contributed by atoms with van der Waals surface area (Å²) < 4.78 is 11.3. The monoisotopic (exact) mass is 462 g/mol. The highest BCUT2D eigenvalue weighted by atomic mass is 35.5. The van der Waals surface area contributed by atoms with E-state index in [4.69, 9.17) is 26.2 Å². The van der Waals surface area contributed by atoms with Crippen molar-refractivity contribution in [3.63, 3.8) is 0 Å². The molecule has 0 aliphatic heterocycles. The van der Waals surface area contributed by atoms with E-state index < -0.39 is 11.9 Å². The van der Waals surface area contributed by atoms with Crippen LogP contribution in [0.15, 0.2) is 72.3 Å². The van der Waals surface area contributed by atoms with Gasteiger partial charge >= 0.3 is 5.97 Å². The second-order valence-electron chi connectivity index (χ2n) is 6.80. The van der Waals surface area contributed by atoms with Gasteiger partial charge in [-0.2, -0.15) is 5.26 Å². The number of nitrogens with zero attached hydrogens (tertiary/aromatic N) is 1. The van der Waals surface area contributed by atoms with Crippen LogP contribution >= 0.6 is 11.6 Å². The van der Waals surface area contributed by atoms with Crippen LogP contribution in [0.25, 0.3) is 6.08 Å². The SMILES string of the molecule is COc1cccc(/C=C(\C#N)C(=O)Nc2ccc(C(=O)O)cc2)c1OCc1cccc(Cl)c1. The minimum absolute atomic E-state index is 0.0851. The maximum atomic E-state index is 12.6. The molecule has 1 amide bonds. The maximum absolute atomic E-state index is 12.6. The number of para-hydroxylation sites is 1. The number of amides is 1. The highest BCUT2D eigenvalue weighted by Crippen LogP contribution is 2.33. The standard InChI is InChI=1S/C25H19ClN2O5/c1-32-22-7-3-5-18(23(22)33-15-16-4-2-6-20(26)12-16)13-19(14-27)24(29)28-21-10-8-17(9-11-21)25(30)31/h2-13H,15H2,1H3,(H,28,29)(H,30,31)/b19-13+. The third-order valence-corrected chi connectivity index (χ3v) is 4.79. The van der Waals surface area contributed by atoms with E-state index in [1.165, 1.54) is 37.5 Å². The van der Waals surface area contributed by atoms with Crippen molar-refractivity contribution in [1.82, 2.24) is 0 Å². The number of methoxy groups -OCH3 is 1. The largest absolute Gasteiger partial charge is 0.493 e.